The van der Waals surface area contributed by atoms with Gasteiger partial charge in [-0.05, 0) is 50.6 Å². The molecule has 8 nitrogen and oxygen atoms in total. The zero-order chi connectivity index (χ0) is 25.8. The Kier molecular flexibility index (Phi) is 7.69. The summed E-state index contributed by atoms with van der Waals surface area (Å²) in [6, 6.07) is 9.44. The van der Waals surface area contributed by atoms with E-state index in [2.05, 4.69) is 10.2 Å². The van der Waals surface area contributed by atoms with Gasteiger partial charge >= 0.3 is 0 Å². The highest BCUT2D eigenvalue weighted by atomic mass is 19.1. The lowest BCUT2D eigenvalue weighted by Gasteiger charge is -2.34. The Hall–Kier alpha value is -3.72. The molecule has 1 atom stereocenters. The molecule has 1 aliphatic rings. The van der Waals surface area contributed by atoms with Crippen LogP contribution in [0.2, 0.25) is 0 Å². The summed E-state index contributed by atoms with van der Waals surface area (Å²) in [6.07, 6.45) is 4.53. The van der Waals surface area contributed by atoms with Gasteiger partial charge in [-0.25, -0.2) is 4.39 Å². The first-order valence-corrected chi connectivity index (χ1v) is 12.1. The Morgan fingerprint density at radius 3 is 2.39 bits per heavy atom. The molecule has 0 unspecified atom stereocenters. The van der Waals surface area contributed by atoms with E-state index in [9.17, 15) is 18.8 Å². The van der Waals surface area contributed by atoms with E-state index in [1.54, 1.807) is 34.6 Å². The van der Waals surface area contributed by atoms with Crippen LogP contribution in [0.4, 0.5) is 4.39 Å². The number of piperazine rings is 1. The lowest BCUT2D eigenvalue weighted by Crippen LogP contribution is -2.49. The predicted octanol–water partition coefficient (Wildman–Crippen LogP) is 3.61. The van der Waals surface area contributed by atoms with Crippen molar-refractivity contribution in [2.75, 3.05) is 26.2 Å². The topological polar surface area (TPSA) is 87.8 Å². The average molecular weight is 495 g/mol. The van der Waals surface area contributed by atoms with Crippen molar-refractivity contribution in [2.45, 2.75) is 39.4 Å². The smallest absolute Gasteiger partial charge is 0.259 e. The fourth-order valence-corrected chi connectivity index (χ4v) is 4.27. The van der Waals surface area contributed by atoms with E-state index >= 15 is 0 Å². The van der Waals surface area contributed by atoms with Gasteiger partial charge < -0.3 is 19.2 Å². The van der Waals surface area contributed by atoms with E-state index in [0.717, 1.165) is 5.56 Å². The minimum Gasteiger partial charge on any atom is -0.467 e. The number of benzene rings is 1. The molecule has 3 heterocycles. The molecule has 2 aromatic heterocycles. The zero-order valence-corrected chi connectivity index (χ0v) is 20.7. The van der Waals surface area contributed by atoms with Crippen LogP contribution >= 0.6 is 0 Å². The van der Waals surface area contributed by atoms with Gasteiger partial charge in [0.25, 0.3) is 11.8 Å². The number of halogens is 1. The van der Waals surface area contributed by atoms with Gasteiger partial charge in [0.05, 0.1) is 12.3 Å². The van der Waals surface area contributed by atoms with E-state index in [1.807, 2.05) is 19.9 Å². The Balaban J connectivity index is 1.50. The largest absolute Gasteiger partial charge is 0.467 e. The molecule has 2 amide bonds. The minimum absolute atomic E-state index is 0.0272. The number of hydrogen-bond donors (Lipinski definition) is 1. The Labute approximate surface area is 209 Å². The van der Waals surface area contributed by atoms with Crippen molar-refractivity contribution in [2.24, 2.45) is 0 Å². The summed E-state index contributed by atoms with van der Waals surface area (Å²) in [5, 5.41) is 2.78. The Morgan fingerprint density at radius 1 is 1.03 bits per heavy atom. The molecule has 0 saturated carbocycles. The van der Waals surface area contributed by atoms with Crippen molar-refractivity contribution < 1.29 is 18.4 Å². The van der Waals surface area contributed by atoms with Crippen molar-refractivity contribution in [1.82, 2.24) is 19.7 Å². The molecule has 1 aliphatic heterocycles. The maximum absolute atomic E-state index is 13.5. The monoisotopic (exact) mass is 494 g/mol. The quantitative estimate of drug-likeness (QED) is 0.542. The maximum Gasteiger partial charge on any atom is 0.259 e. The Morgan fingerprint density at radius 2 is 1.75 bits per heavy atom. The molecule has 1 aromatic carbocycles. The first kappa shape index (κ1) is 25.4. The second kappa shape index (κ2) is 10.9. The lowest BCUT2D eigenvalue weighted by atomic mass is 10.1. The SMILES string of the molecule is CC(C)n1cc(C(=O)N[C@@H](C)c2ccco2)c(=O)c(C(=O)N2CCN(Cc3cccc(F)c3)CC2)c1. The van der Waals surface area contributed by atoms with Crippen LogP contribution in [0.15, 0.2) is 64.3 Å². The molecule has 1 saturated heterocycles. The molecule has 0 aliphatic carbocycles. The third kappa shape index (κ3) is 5.73. The summed E-state index contributed by atoms with van der Waals surface area (Å²) >= 11 is 0. The third-order valence-electron chi connectivity index (χ3n) is 6.39. The number of carbonyl (C=O) groups excluding carboxylic acids is 2. The molecule has 9 heteroatoms. The number of carbonyl (C=O) groups is 2. The highest BCUT2D eigenvalue weighted by Crippen LogP contribution is 2.16. The highest BCUT2D eigenvalue weighted by molar-refractivity contribution is 5.99. The standard InChI is InChI=1S/C27H31FN4O4/c1-18(2)32-16-22(26(34)29-19(3)24-8-5-13-36-24)25(33)23(17-32)27(35)31-11-9-30(10-12-31)15-20-6-4-7-21(28)14-20/h4-8,13-14,16-19H,9-12,15H2,1-3H3,(H,29,34)/t19-/m0/s1. The number of pyridine rings is 1. The van der Waals surface area contributed by atoms with Gasteiger partial charge in [0.2, 0.25) is 5.43 Å². The first-order chi connectivity index (χ1) is 17.2. The van der Waals surface area contributed by atoms with Gasteiger partial charge in [-0.15, -0.1) is 0 Å². The van der Waals surface area contributed by atoms with Gasteiger partial charge in [-0.3, -0.25) is 19.3 Å². The van der Waals surface area contributed by atoms with E-state index < -0.39 is 23.3 Å². The van der Waals surface area contributed by atoms with Crippen molar-refractivity contribution in [3.8, 4) is 0 Å². The second-order valence-corrected chi connectivity index (χ2v) is 9.36. The number of rotatable bonds is 7. The molecule has 190 valence electrons. The minimum atomic E-state index is -0.594. The van der Waals surface area contributed by atoms with Crippen LogP contribution in [-0.2, 0) is 6.54 Å². The maximum atomic E-state index is 13.5. The number of aromatic nitrogens is 1. The molecule has 0 radical (unpaired) electrons. The molecule has 1 N–H and O–H groups in total. The number of nitrogens with one attached hydrogen (secondary N) is 1. The summed E-state index contributed by atoms with van der Waals surface area (Å²) in [6.45, 7) is 8.24. The summed E-state index contributed by atoms with van der Waals surface area (Å²) in [4.78, 5) is 43.5. The van der Waals surface area contributed by atoms with Crippen LogP contribution in [-0.4, -0.2) is 52.4 Å². The van der Waals surface area contributed by atoms with Gasteiger partial charge in [-0.2, -0.15) is 0 Å². The summed E-state index contributed by atoms with van der Waals surface area (Å²) in [7, 11) is 0. The van der Waals surface area contributed by atoms with Gasteiger partial charge in [-0.1, -0.05) is 12.1 Å². The van der Waals surface area contributed by atoms with Crippen LogP contribution in [0.1, 0.15) is 64.9 Å². The second-order valence-electron chi connectivity index (χ2n) is 9.36. The van der Waals surface area contributed by atoms with Crippen molar-refractivity contribution >= 4 is 11.8 Å². The first-order valence-electron chi connectivity index (χ1n) is 12.1. The molecular weight excluding hydrogens is 463 g/mol. The number of nitrogens with zero attached hydrogens (tertiary/aromatic N) is 3. The molecule has 3 aromatic rings. The average Bonchev–Trinajstić information content (AvgIpc) is 3.39. The van der Waals surface area contributed by atoms with E-state index in [0.29, 0.717) is 38.5 Å². The normalized spacial score (nSPS) is 15.2. The molecule has 0 bridgehead atoms. The van der Waals surface area contributed by atoms with Crippen molar-refractivity contribution in [3.63, 3.8) is 0 Å². The van der Waals surface area contributed by atoms with Crippen molar-refractivity contribution in [3.05, 3.63) is 93.5 Å². The van der Waals surface area contributed by atoms with E-state index in [-0.39, 0.29) is 23.0 Å². The summed E-state index contributed by atoms with van der Waals surface area (Å²) < 4.78 is 20.5. The number of furan rings is 1. The fraction of sp³-hybridized carbons (Fsp3) is 0.370. The van der Waals surface area contributed by atoms with Crippen LogP contribution < -0.4 is 10.7 Å². The van der Waals surface area contributed by atoms with E-state index in [1.165, 1.54) is 30.8 Å². The predicted molar refractivity (Wildman–Crippen MR) is 133 cm³/mol. The van der Waals surface area contributed by atoms with Crippen LogP contribution in [0.5, 0.6) is 0 Å². The molecular formula is C27H31FN4O4. The van der Waals surface area contributed by atoms with Gasteiger partial charge in [0, 0.05) is 51.2 Å². The molecule has 1 fully saturated rings. The van der Waals surface area contributed by atoms with Crippen molar-refractivity contribution in [1.29, 1.82) is 0 Å². The number of hydrogen-bond acceptors (Lipinski definition) is 5. The lowest BCUT2D eigenvalue weighted by molar-refractivity contribution is 0.0626. The molecule has 0 spiro atoms. The van der Waals surface area contributed by atoms with Gasteiger partial charge in [0.1, 0.15) is 22.7 Å². The summed E-state index contributed by atoms with van der Waals surface area (Å²) in [5.74, 6) is -0.664. The van der Waals surface area contributed by atoms with Gasteiger partial charge in [0.15, 0.2) is 0 Å². The third-order valence-corrected chi connectivity index (χ3v) is 6.39. The Bertz CT molecular complexity index is 1280. The molecule has 36 heavy (non-hydrogen) atoms. The van der Waals surface area contributed by atoms with Crippen LogP contribution in [0.3, 0.4) is 0 Å². The fourth-order valence-electron chi connectivity index (χ4n) is 4.27. The molecule has 4 rings (SSSR count). The zero-order valence-electron chi connectivity index (χ0n) is 20.7. The van der Waals surface area contributed by atoms with Crippen LogP contribution in [0, 0.1) is 5.82 Å². The van der Waals surface area contributed by atoms with Crippen LogP contribution in [0.25, 0.3) is 0 Å². The number of amides is 2. The van der Waals surface area contributed by atoms with E-state index in [4.69, 9.17) is 4.42 Å². The highest BCUT2D eigenvalue weighted by Gasteiger charge is 2.27. The summed E-state index contributed by atoms with van der Waals surface area (Å²) in [5.41, 5.74) is 0.165.